The van der Waals surface area contributed by atoms with Gasteiger partial charge in [-0.05, 0) is 62.4 Å². The first-order chi connectivity index (χ1) is 10.0. The summed E-state index contributed by atoms with van der Waals surface area (Å²) in [6, 6.07) is 7.18. The van der Waals surface area contributed by atoms with Gasteiger partial charge in [0, 0.05) is 6.54 Å². The van der Waals surface area contributed by atoms with Crippen molar-refractivity contribution in [1.82, 2.24) is 10.0 Å². The molecule has 21 heavy (non-hydrogen) atoms. The molecule has 0 bridgehead atoms. The SMILES string of the molecule is CNCCc1ccc(S(=O)(=O)NCC2CCC(C)C2)cc1. The molecule has 1 aliphatic carbocycles. The van der Waals surface area contributed by atoms with E-state index in [1.165, 1.54) is 6.42 Å². The number of hydrogen-bond donors (Lipinski definition) is 2. The second-order valence-corrected chi connectivity index (χ2v) is 7.90. The Labute approximate surface area is 128 Å². The van der Waals surface area contributed by atoms with Gasteiger partial charge in [0.15, 0.2) is 0 Å². The molecule has 1 aliphatic rings. The van der Waals surface area contributed by atoms with Crippen molar-refractivity contribution in [2.24, 2.45) is 11.8 Å². The van der Waals surface area contributed by atoms with Crippen LogP contribution in [0, 0.1) is 11.8 Å². The largest absolute Gasteiger partial charge is 0.319 e. The van der Waals surface area contributed by atoms with Gasteiger partial charge in [-0.2, -0.15) is 0 Å². The maximum atomic E-state index is 12.3. The van der Waals surface area contributed by atoms with Gasteiger partial charge in [-0.25, -0.2) is 13.1 Å². The van der Waals surface area contributed by atoms with Crippen molar-refractivity contribution >= 4 is 10.0 Å². The zero-order valence-electron chi connectivity index (χ0n) is 12.9. The number of rotatable bonds is 7. The summed E-state index contributed by atoms with van der Waals surface area (Å²) in [5.74, 6) is 1.22. The van der Waals surface area contributed by atoms with Gasteiger partial charge in [0.1, 0.15) is 0 Å². The van der Waals surface area contributed by atoms with Crippen molar-refractivity contribution in [3.8, 4) is 0 Å². The van der Waals surface area contributed by atoms with Crippen LogP contribution in [0.4, 0.5) is 0 Å². The van der Waals surface area contributed by atoms with Gasteiger partial charge < -0.3 is 5.32 Å². The third-order valence-corrected chi connectivity index (χ3v) is 5.70. The Kier molecular flexibility index (Phi) is 5.79. The van der Waals surface area contributed by atoms with Crippen LogP contribution in [0.2, 0.25) is 0 Å². The topological polar surface area (TPSA) is 58.2 Å². The molecule has 0 saturated heterocycles. The lowest BCUT2D eigenvalue weighted by atomic mass is 10.1. The molecule has 2 unspecified atom stereocenters. The van der Waals surface area contributed by atoms with Crippen molar-refractivity contribution in [1.29, 1.82) is 0 Å². The lowest BCUT2D eigenvalue weighted by Crippen LogP contribution is -2.28. The minimum absolute atomic E-state index is 0.363. The van der Waals surface area contributed by atoms with Crippen molar-refractivity contribution in [3.63, 3.8) is 0 Å². The van der Waals surface area contributed by atoms with Crippen molar-refractivity contribution in [2.75, 3.05) is 20.1 Å². The molecule has 0 aliphatic heterocycles. The lowest BCUT2D eigenvalue weighted by molar-refractivity contribution is 0.498. The predicted molar refractivity (Wildman–Crippen MR) is 85.8 cm³/mol. The zero-order valence-corrected chi connectivity index (χ0v) is 13.7. The Morgan fingerprint density at radius 2 is 1.90 bits per heavy atom. The average Bonchev–Trinajstić information content (AvgIpc) is 2.89. The molecule has 4 nitrogen and oxygen atoms in total. The van der Waals surface area contributed by atoms with Gasteiger partial charge in [0.05, 0.1) is 4.90 Å². The molecule has 0 aromatic heterocycles. The first-order valence-corrected chi connectivity index (χ1v) is 9.23. The first kappa shape index (κ1) is 16.5. The highest BCUT2D eigenvalue weighted by Gasteiger charge is 2.23. The van der Waals surface area contributed by atoms with E-state index in [4.69, 9.17) is 0 Å². The quantitative estimate of drug-likeness (QED) is 0.811. The van der Waals surface area contributed by atoms with Crippen LogP contribution < -0.4 is 10.0 Å². The fourth-order valence-corrected chi connectivity index (χ4v) is 4.04. The maximum Gasteiger partial charge on any atom is 0.240 e. The second-order valence-electron chi connectivity index (χ2n) is 6.13. The van der Waals surface area contributed by atoms with Gasteiger partial charge in [0.25, 0.3) is 0 Å². The lowest BCUT2D eigenvalue weighted by Gasteiger charge is -2.12. The molecule has 0 spiro atoms. The number of sulfonamides is 1. The summed E-state index contributed by atoms with van der Waals surface area (Å²) in [6.07, 6.45) is 4.38. The van der Waals surface area contributed by atoms with Crippen LogP contribution in [0.3, 0.4) is 0 Å². The number of hydrogen-bond acceptors (Lipinski definition) is 3. The molecule has 2 atom stereocenters. The van der Waals surface area contributed by atoms with Crippen LogP contribution in [0.1, 0.15) is 31.7 Å². The Morgan fingerprint density at radius 1 is 1.19 bits per heavy atom. The van der Waals surface area contributed by atoms with E-state index in [0.29, 0.717) is 17.4 Å². The van der Waals surface area contributed by atoms with Crippen LogP contribution in [-0.4, -0.2) is 28.6 Å². The summed E-state index contributed by atoms with van der Waals surface area (Å²) in [5, 5.41) is 3.09. The van der Waals surface area contributed by atoms with E-state index in [9.17, 15) is 8.42 Å². The van der Waals surface area contributed by atoms with Crippen LogP contribution in [-0.2, 0) is 16.4 Å². The molecular weight excluding hydrogens is 284 g/mol. The van der Waals surface area contributed by atoms with Crippen molar-refractivity contribution in [3.05, 3.63) is 29.8 Å². The molecule has 2 N–H and O–H groups in total. The molecule has 5 heteroatoms. The maximum absolute atomic E-state index is 12.3. The van der Waals surface area contributed by atoms with Gasteiger partial charge in [-0.15, -0.1) is 0 Å². The molecule has 1 aromatic rings. The van der Waals surface area contributed by atoms with E-state index in [-0.39, 0.29) is 0 Å². The van der Waals surface area contributed by atoms with E-state index in [1.54, 1.807) is 12.1 Å². The molecule has 0 amide bonds. The van der Waals surface area contributed by atoms with Gasteiger partial charge >= 0.3 is 0 Å². The Morgan fingerprint density at radius 3 is 2.48 bits per heavy atom. The van der Waals surface area contributed by atoms with Crippen LogP contribution in [0.15, 0.2) is 29.2 Å². The van der Waals surface area contributed by atoms with Gasteiger partial charge in [-0.3, -0.25) is 0 Å². The van der Waals surface area contributed by atoms with Gasteiger partial charge in [0.2, 0.25) is 10.0 Å². The van der Waals surface area contributed by atoms with Crippen molar-refractivity contribution < 1.29 is 8.42 Å². The number of likely N-dealkylation sites (N-methyl/N-ethyl adjacent to an activating group) is 1. The summed E-state index contributed by atoms with van der Waals surface area (Å²) in [5.41, 5.74) is 1.15. The Hall–Kier alpha value is -0.910. The Bertz CT molecular complexity index is 540. The molecule has 118 valence electrons. The first-order valence-electron chi connectivity index (χ1n) is 7.74. The van der Waals surface area contributed by atoms with E-state index in [2.05, 4.69) is 17.0 Å². The van der Waals surface area contributed by atoms with Crippen LogP contribution in [0.25, 0.3) is 0 Å². The molecule has 0 radical (unpaired) electrons. The van der Waals surface area contributed by atoms with Crippen LogP contribution >= 0.6 is 0 Å². The summed E-state index contributed by atoms with van der Waals surface area (Å²) in [7, 11) is -1.46. The highest BCUT2D eigenvalue weighted by Crippen LogP contribution is 2.29. The summed E-state index contributed by atoms with van der Waals surface area (Å²) < 4.78 is 27.3. The smallest absolute Gasteiger partial charge is 0.240 e. The fourth-order valence-electron chi connectivity index (χ4n) is 2.93. The third kappa shape index (κ3) is 4.80. The summed E-state index contributed by atoms with van der Waals surface area (Å²) in [4.78, 5) is 0.363. The minimum Gasteiger partial charge on any atom is -0.319 e. The molecule has 0 heterocycles. The standard InChI is InChI=1S/C16H26N2O2S/c1-13-3-4-15(11-13)12-18-21(19,20)16-7-5-14(6-8-16)9-10-17-2/h5-8,13,15,17-18H,3-4,9-12H2,1-2H3. The number of benzene rings is 1. The monoisotopic (exact) mass is 310 g/mol. The summed E-state index contributed by atoms with van der Waals surface area (Å²) >= 11 is 0. The predicted octanol–water partition coefficient (Wildman–Crippen LogP) is 2.16. The third-order valence-electron chi connectivity index (χ3n) is 4.26. The molecule has 1 fully saturated rings. The second kappa shape index (κ2) is 7.38. The molecule has 1 aromatic carbocycles. The molecule has 2 rings (SSSR count). The minimum atomic E-state index is -3.37. The van der Waals surface area contributed by atoms with E-state index in [1.807, 2.05) is 19.2 Å². The van der Waals surface area contributed by atoms with E-state index < -0.39 is 10.0 Å². The molecule has 1 saturated carbocycles. The highest BCUT2D eigenvalue weighted by atomic mass is 32.2. The normalized spacial score (nSPS) is 22.6. The zero-order chi connectivity index (χ0) is 15.3. The summed E-state index contributed by atoms with van der Waals surface area (Å²) in [6.45, 7) is 3.69. The number of nitrogens with one attached hydrogen (secondary N) is 2. The average molecular weight is 310 g/mol. The van der Waals surface area contributed by atoms with Crippen molar-refractivity contribution in [2.45, 2.75) is 37.5 Å². The highest BCUT2D eigenvalue weighted by molar-refractivity contribution is 7.89. The van der Waals surface area contributed by atoms with Gasteiger partial charge in [-0.1, -0.05) is 25.5 Å². The Balaban J connectivity index is 1.92. The van der Waals surface area contributed by atoms with Crippen LogP contribution in [0.5, 0.6) is 0 Å². The van der Waals surface area contributed by atoms with E-state index in [0.717, 1.165) is 37.3 Å². The fraction of sp³-hybridized carbons (Fsp3) is 0.625. The van der Waals surface area contributed by atoms with E-state index >= 15 is 0 Å². The molecular formula is C16H26N2O2S.